The minimum absolute atomic E-state index is 0. The van der Waals surface area contributed by atoms with Crippen LogP contribution < -0.4 is 0 Å². The molecule has 0 aliphatic rings. The molecule has 0 spiro atoms. The second-order valence-electron chi connectivity index (χ2n) is 1.50. The van der Waals surface area contributed by atoms with Crippen molar-refractivity contribution in [2.75, 3.05) is 0 Å². The average molecular weight is 180 g/mol. The van der Waals surface area contributed by atoms with Crippen LogP contribution in [0.5, 0.6) is 0 Å². The minimum Gasteiger partial charge on any atom is -0.236 e. The van der Waals surface area contributed by atoms with Crippen molar-refractivity contribution in [2.45, 2.75) is 0 Å². The van der Waals surface area contributed by atoms with Crippen molar-refractivity contribution in [3.63, 3.8) is 0 Å². The smallest absolute Gasteiger partial charge is 0.218 e. The Bertz CT molecular complexity index is 252. The summed E-state index contributed by atoms with van der Waals surface area (Å²) in [5.74, 6) is 0.843. The van der Waals surface area contributed by atoms with Gasteiger partial charge in [-0.25, -0.2) is 10.2 Å². The molecule has 2 heterocycles. The first-order chi connectivity index (χ1) is 4.97. The fourth-order valence-corrected chi connectivity index (χ4v) is 0.519. The van der Waals surface area contributed by atoms with Crippen LogP contribution in [0.3, 0.4) is 0 Å². The molecule has 0 radical (unpaired) electrons. The molecule has 0 fully saturated rings. The van der Waals surface area contributed by atoms with E-state index in [1.807, 2.05) is 0 Å². The van der Waals surface area contributed by atoms with E-state index in [2.05, 4.69) is 41.2 Å². The van der Waals surface area contributed by atoms with Crippen LogP contribution in [-0.4, -0.2) is 79.0 Å². The number of aromatic amines is 2. The van der Waals surface area contributed by atoms with Gasteiger partial charge in [0.25, 0.3) is 0 Å². The fourth-order valence-electron chi connectivity index (χ4n) is 0.519. The van der Waals surface area contributed by atoms with E-state index in [1.165, 1.54) is 0 Å². The molecule has 0 amide bonds. The summed E-state index contributed by atoms with van der Waals surface area (Å²) >= 11 is 0. The largest absolute Gasteiger partial charge is 0.236 e. The molecular formula is C2H4CaN8. The van der Waals surface area contributed by atoms with Crippen LogP contribution in [0.4, 0.5) is 0 Å². The molecule has 11 heavy (non-hydrogen) atoms. The van der Waals surface area contributed by atoms with Gasteiger partial charge in [-0.2, -0.15) is 0 Å². The van der Waals surface area contributed by atoms with Crippen molar-refractivity contribution >= 4 is 37.7 Å². The van der Waals surface area contributed by atoms with Gasteiger partial charge in [-0.1, -0.05) is 0 Å². The van der Waals surface area contributed by atoms with Gasteiger partial charge in [0.1, 0.15) is 0 Å². The van der Waals surface area contributed by atoms with E-state index in [1.54, 1.807) is 0 Å². The Balaban J connectivity index is 0.000000605. The number of hydrogen-bond acceptors (Lipinski definition) is 6. The molecule has 0 saturated carbocycles. The van der Waals surface area contributed by atoms with Crippen molar-refractivity contribution in [1.82, 2.24) is 41.2 Å². The summed E-state index contributed by atoms with van der Waals surface area (Å²) < 4.78 is 0. The predicted molar refractivity (Wildman–Crippen MR) is 35.9 cm³/mol. The third-order valence-corrected chi connectivity index (χ3v) is 0.915. The maximum absolute atomic E-state index is 3.57. The summed E-state index contributed by atoms with van der Waals surface area (Å²) in [6, 6.07) is 0. The SMILES string of the molecule is [CaH2].n1n[nH]c(-c2nnn[nH]2)n1. The molecule has 0 saturated heterocycles. The molecule has 0 aliphatic carbocycles. The first kappa shape index (κ1) is 8.50. The van der Waals surface area contributed by atoms with Gasteiger partial charge in [0.15, 0.2) is 0 Å². The van der Waals surface area contributed by atoms with Gasteiger partial charge in [-0.15, -0.1) is 10.2 Å². The first-order valence-corrected chi connectivity index (χ1v) is 2.44. The van der Waals surface area contributed by atoms with E-state index in [-0.39, 0.29) is 37.7 Å². The standard InChI is InChI=1S/C2H2N8.Ca.2H/c3-1(4-8-7-3)2-5-9-10-6-2;;;/h(H,3,4,7,8)(H,5,6,9,10);;;. The molecule has 0 unspecified atom stereocenters. The Labute approximate surface area is 90.2 Å². The molecule has 2 N–H and O–H groups in total. The number of nitrogens with one attached hydrogen (secondary N) is 2. The van der Waals surface area contributed by atoms with Gasteiger partial charge in [0.2, 0.25) is 11.6 Å². The van der Waals surface area contributed by atoms with Gasteiger partial charge >= 0.3 is 37.7 Å². The molecule has 0 aliphatic heterocycles. The molecule has 2 aromatic heterocycles. The minimum atomic E-state index is 0. The fraction of sp³-hybridized carbons (Fsp3) is 0. The Morgan fingerprint density at radius 1 is 0.818 bits per heavy atom. The van der Waals surface area contributed by atoms with Crippen LogP contribution in [0.1, 0.15) is 0 Å². The number of hydrogen-bond donors (Lipinski definition) is 2. The normalized spacial score (nSPS) is 9.09. The summed E-state index contributed by atoms with van der Waals surface area (Å²) in [6.45, 7) is 0. The molecule has 0 aromatic carbocycles. The molecule has 54 valence electrons. The number of H-pyrrole nitrogens is 2. The van der Waals surface area contributed by atoms with Crippen LogP contribution in [-0.2, 0) is 0 Å². The van der Waals surface area contributed by atoms with Crippen molar-refractivity contribution in [2.24, 2.45) is 0 Å². The zero-order valence-corrected chi connectivity index (χ0v) is 4.68. The van der Waals surface area contributed by atoms with E-state index in [9.17, 15) is 0 Å². The van der Waals surface area contributed by atoms with Gasteiger partial charge in [-0.05, 0) is 20.9 Å². The third-order valence-electron chi connectivity index (χ3n) is 0.915. The summed E-state index contributed by atoms with van der Waals surface area (Å²) in [6.07, 6.45) is 0. The molecule has 9 heteroatoms. The average Bonchev–Trinajstić information content (AvgIpc) is 2.59. The maximum Gasteiger partial charge on any atom is 0.218 e. The molecule has 0 bridgehead atoms. The van der Waals surface area contributed by atoms with Crippen LogP contribution in [0.25, 0.3) is 11.6 Å². The van der Waals surface area contributed by atoms with Crippen molar-refractivity contribution in [3.8, 4) is 11.6 Å². The quantitative estimate of drug-likeness (QED) is 0.468. The van der Waals surface area contributed by atoms with E-state index in [4.69, 9.17) is 0 Å². The van der Waals surface area contributed by atoms with Crippen LogP contribution >= 0.6 is 0 Å². The van der Waals surface area contributed by atoms with Gasteiger partial charge in [-0.3, -0.25) is 0 Å². The van der Waals surface area contributed by atoms with Crippen molar-refractivity contribution < 1.29 is 0 Å². The van der Waals surface area contributed by atoms with E-state index < -0.39 is 0 Å². The Hall–Kier alpha value is -0.600. The maximum atomic E-state index is 3.57. The van der Waals surface area contributed by atoms with E-state index in [0.717, 1.165) is 0 Å². The predicted octanol–water partition coefficient (Wildman–Crippen LogP) is -2.54. The van der Waals surface area contributed by atoms with Gasteiger partial charge in [0.05, 0.1) is 0 Å². The molecule has 2 aromatic rings. The summed E-state index contributed by atoms with van der Waals surface area (Å²) in [7, 11) is 0. The van der Waals surface area contributed by atoms with Crippen molar-refractivity contribution in [1.29, 1.82) is 0 Å². The van der Waals surface area contributed by atoms with Gasteiger partial charge in [0, 0.05) is 0 Å². The molecular weight excluding hydrogens is 176 g/mol. The summed E-state index contributed by atoms with van der Waals surface area (Å²) in [4.78, 5) is 0. The molecule has 8 nitrogen and oxygen atoms in total. The Morgan fingerprint density at radius 2 is 1.27 bits per heavy atom. The Morgan fingerprint density at radius 3 is 1.55 bits per heavy atom. The van der Waals surface area contributed by atoms with Crippen molar-refractivity contribution in [3.05, 3.63) is 0 Å². The second kappa shape index (κ2) is 3.69. The van der Waals surface area contributed by atoms with Crippen LogP contribution in [0, 0.1) is 0 Å². The number of rotatable bonds is 1. The number of tetrazole rings is 2. The number of nitrogens with zero attached hydrogens (tertiary/aromatic N) is 6. The monoisotopic (exact) mass is 180 g/mol. The van der Waals surface area contributed by atoms with Crippen LogP contribution in [0.15, 0.2) is 0 Å². The van der Waals surface area contributed by atoms with Crippen LogP contribution in [0.2, 0.25) is 0 Å². The first-order valence-electron chi connectivity index (χ1n) is 2.44. The summed E-state index contributed by atoms with van der Waals surface area (Å²) in [5, 5.41) is 25.5. The topological polar surface area (TPSA) is 109 Å². The van der Waals surface area contributed by atoms with Gasteiger partial charge < -0.3 is 0 Å². The zero-order valence-electron chi connectivity index (χ0n) is 4.68. The van der Waals surface area contributed by atoms with E-state index >= 15 is 0 Å². The summed E-state index contributed by atoms with van der Waals surface area (Å²) in [5.41, 5.74) is 0. The second-order valence-corrected chi connectivity index (χ2v) is 1.50. The molecule has 2 rings (SSSR count). The van der Waals surface area contributed by atoms with E-state index in [0.29, 0.717) is 11.6 Å². The third kappa shape index (κ3) is 1.70. The molecule has 0 atom stereocenters. The zero-order chi connectivity index (χ0) is 6.81. The Kier molecular flexibility index (Phi) is 2.85. The number of aromatic nitrogens is 8.